The Hall–Kier alpha value is -2.96. The van der Waals surface area contributed by atoms with E-state index in [4.69, 9.17) is 4.52 Å². The Kier molecular flexibility index (Phi) is 3.92. The number of hydrogen-bond donors (Lipinski definition) is 1. The molecule has 3 aromatic rings. The Balaban J connectivity index is 2.38. The van der Waals surface area contributed by atoms with Crippen LogP contribution >= 0.6 is 0 Å². The van der Waals surface area contributed by atoms with E-state index in [-0.39, 0.29) is 11.4 Å². The molecular weight excluding hydrogens is 313 g/mol. The first-order chi connectivity index (χ1) is 11.5. The molecule has 0 fully saturated rings. The summed E-state index contributed by atoms with van der Waals surface area (Å²) in [6.45, 7) is 5.33. The molecule has 2 heterocycles. The molecule has 0 aliphatic rings. The summed E-state index contributed by atoms with van der Waals surface area (Å²) in [7, 11) is 0. The summed E-state index contributed by atoms with van der Waals surface area (Å²) in [5.41, 5.74) is 2.68. The zero-order valence-corrected chi connectivity index (χ0v) is 13.5. The standard InChI is InChI=1S/C17H16FN3O3/c1-4-14-12(8-22)17(16-9(2)20-24-10(16)3)21(19-14)15-6-5-11(23)7-13(15)18/h5-8,23H,4H2,1-3H3. The van der Waals surface area contributed by atoms with Crippen molar-refractivity contribution in [3.63, 3.8) is 0 Å². The smallest absolute Gasteiger partial charge is 0.154 e. The highest BCUT2D eigenvalue weighted by atomic mass is 19.1. The fourth-order valence-electron chi connectivity index (χ4n) is 2.76. The van der Waals surface area contributed by atoms with Crippen LogP contribution in [0.5, 0.6) is 5.75 Å². The first-order valence-electron chi connectivity index (χ1n) is 7.47. The first kappa shape index (κ1) is 15.9. The molecule has 0 amide bonds. The van der Waals surface area contributed by atoms with E-state index in [1.54, 1.807) is 13.8 Å². The molecule has 1 N–H and O–H groups in total. The van der Waals surface area contributed by atoms with Crippen molar-refractivity contribution in [2.24, 2.45) is 0 Å². The van der Waals surface area contributed by atoms with Crippen molar-refractivity contribution in [2.45, 2.75) is 27.2 Å². The lowest BCUT2D eigenvalue weighted by Crippen LogP contribution is -2.03. The van der Waals surface area contributed by atoms with E-state index in [2.05, 4.69) is 10.3 Å². The molecule has 0 radical (unpaired) electrons. The van der Waals surface area contributed by atoms with Crippen LogP contribution in [0.25, 0.3) is 16.9 Å². The van der Waals surface area contributed by atoms with Gasteiger partial charge in [-0.3, -0.25) is 4.79 Å². The Morgan fingerprint density at radius 2 is 2.12 bits per heavy atom. The average molecular weight is 329 g/mol. The van der Waals surface area contributed by atoms with Crippen molar-refractivity contribution < 1.29 is 18.8 Å². The fraction of sp³-hybridized carbons (Fsp3) is 0.235. The molecule has 2 aromatic heterocycles. The van der Waals surface area contributed by atoms with Crippen molar-refractivity contribution in [1.29, 1.82) is 0 Å². The zero-order chi connectivity index (χ0) is 17.4. The molecule has 0 unspecified atom stereocenters. The van der Waals surface area contributed by atoms with Gasteiger partial charge in [0, 0.05) is 6.07 Å². The van der Waals surface area contributed by atoms with E-state index in [1.807, 2.05) is 6.92 Å². The number of phenols is 1. The molecule has 6 nitrogen and oxygen atoms in total. The Labute approximate surface area is 137 Å². The summed E-state index contributed by atoms with van der Waals surface area (Å²) >= 11 is 0. The molecule has 124 valence electrons. The van der Waals surface area contributed by atoms with Crippen molar-refractivity contribution >= 4 is 6.29 Å². The summed E-state index contributed by atoms with van der Waals surface area (Å²) in [6, 6.07) is 3.77. The van der Waals surface area contributed by atoms with E-state index in [9.17, 15) is 14.3 Å². The minimum atomic E-state index is -0.648. The van der Waals surface area contributed by atoms with Gasteiger partial charge in [0.05, 0.1) is 28.2 Å². The molecule has 0 aliphatic heterocycles. The molecule has 0 spiro atoms. The molecular formula is C17H16FN3O3. The van der Waals surface area contributed by atoms with Crippen LogP contribution < -0.4 is 0 Å². The number of halogens is 1. The van der Waals surface area contributed by atoms with Crippen LogP contribution in [0.3, 0.4) is 0 Å². The molecule has 0 bridgehead atoms. The third-order valence-corrected chi connectivity index (χ3v) is 3.88. The van der Waals surface area contributed by atoms with Gasteiger partial charge in [-0.15, -0.1) is 0 Å². The van der Waals surface area contributed by atoms with Gasteiger partial charge in [-0.05, 0) is 32.4 Å². The normalized spacial score (nSPS) is 11.0. The van der Waals surface area contributed by atoms with Crippen molar-refractivity contribution in [3.05, 3.63) is 46.7 Å². The molecule has 1 aromatic carbocycles. The summed E-state index contributed by atoms with van der Waals surface area (Å²) in [5.74, 6) is -0.321. The van der Waals surface area contributed by atoms with Crippen LogP contribution in [0.4, 0.5) is 4.39 Å². The van der Waals surface area contributed by atoms with E-state index in [0.29, 0.717) is 46.7 Å². The largest absolute Gasteiger partial charge is 0.508 e. The number of hydrogen-bond acceptors (Lipinski definition) is 5. The lowest BCUT2D eigenvalue weighted by atomic mass is 10.0. The van der Waals surface area contributed by atoms with Crippen LogP contribution in [0, 0.1) is 19.7 Å². The van der Waals surface area contributed by atoms with Crippen molar-refractivity contribution in [2.75, 3.05) is 0 Å². The monoisotopic (exact) mass is 329 g/mol. The van der Waals surface area contributed by atoms with E-state index >= 15 is 0 Å². The second-order valence-corrected chi connectivity index (χ2v) is 5.43. The molecule has 0 atom stereocenters. The third kappa shape index (κ3) is 2.38. The van der Waals surface area contributed by atoms with E-state index < -0.39 is 5.82 Å². The zero-order valence-electron chi connectivity index (χ0n) is 13.5. The van der Waals surface area contributed by atoms with Gasteiger partial charge in [0.15, 0.2) is 12.1 Å². The minimum absolute atomic E-state index is 0.130. The lowest BCUT2D eigenvalue weighted by molar-refractivity contribution is 0.112. The van der Waals surface area contributed by atoms with Crippen LogP contribution in [-0.2, 0) is 6.42 Å². The topological polar surface area (TPSA) is 81.2 Å². The van der Waals surface area contributed by atoms with Gasteiger partial charge >= 0.3 is 0 Å². The summed E-state index contributed by atoms with van der Waals surface area (Å²) < 4.78 is 20.9. The van der Waals surface area contributed by atoms with Gasteiger partial charge in [0.1, 0.15) is 17.2 Å². The number of carbonyl (C=O) groups excluding carboxylic acids is 1. The number of carbonyl (C=O) groups is 1. The van der Waals surface area contributed by atoms with Crippen LogP contribution in [0.2, 0.25) is 0 Å². The van der Waals surface area contributed by atoms with Crippen LogP contribution in [0.1, 0.15) is 34.4 Å². The highest BCUT2D eigenvalue weighted by molar-refractivity contribution is 5.89. The molecule has 0 saturated carbocycles. The maximum atomic E-state index is 14.4. The SMILES string of the molecule is CCc1nn(-c2ccc(O)cc2F)c(-c2c(C)noc2C)c1C=O. The van der Waals surface area contributed by atoms with Gasteiger partial charge in [0.2, 0.25) is 0 Å². The number of benzene rings is 1. The number of rotatable bonds is 4. The maximum Gasteiger partial charge on any atom is 0.154 e. The quantitative estimate of drug-likeness (QED) is 0.742. The number of aldehydes is 1. The molecule has 0 saturated heterocycles. The molecule has 24 heavy (non-hydrogen) atoms. The van der Waals surface area contributed by atoms with Crippen molar-refractivity contribution in [3.8, 4) is 22.7 Å². The number of phenolic OH excluding ortho intramolecular Hbond substituents is 1. The van der Waals surface area contributed by atoms with Gasteiger partial charge in [-0.2, -0.15) is 5.10 Å². The number of nitrogens with zero attached hydrogens (tertiary/aromatic N) is 3. The molecule has 0 aliphatic carbocycles. The minimum Gasteiger partial charge on any atom is -0.508 e. The number of aryl methyl sites for hydroxylation is 3. The van der Waals surface area contributed by atoms with Crippen LogP contribution in [0.15, 0.2) is 22.7 Å². The summed E-state index contributed by atoms with van der Waals surface area (Å²) in [6.07, 6.45) is 1.22. The van der Waals surface area contributed by atoms with Gasteiger partial charge in [-0.25, -0.2) is 9.07 Å². The molecule has 3 rings (SSSR count). The Bertz CT molecular complexity index is 908. The van der Waals surface area contributed by atoms with E-state index in [1.165, 1.54) is 16.8 Å². The van der Waals surface area contributed by atoms with E-state index in [0.717, 1.165) is 6.07 Å². The number of aromatic nitrogens is 3. The van der Waals surface area contributed by atoms with Gasteiger partial charge in [-0.1, -0.05) is 12.1 Å². The third-order valence-electron chi connectivity index (χ3n) is 3.88. The first-order valence-corrected chi connectivity index (χ1v) is 7.47. The Morgan fingerprint density at radius 3 is 2.67 bits per heavy atom. The fourth-order valence-corrected chi connectivity index (χ4v) is 2.76. The summed E-state index contributed by atoms with van der Waals surface area (Å²) in [5, 5.41) is 17.7. The predicted molar refractivity (Wildman–Crippen MR) is 84.9 cm³/mol. The maximum absolute atomic E-state index is 14.4. The molecule has 7 heteroatoms. The van der Waals surface area contributed by atoms with Crippen molar-refractivity contribution in [1.82, 2.24) is 14.9 Å². The lowest BCUT2D eigenvalue weighted by Gasteiger charge is -2.09. The second kappa shape index (κ2) is 5.92. The van der Waals surface area contributed by atoms with Crippen LogP contribution in [-0.4, -0.2) is 26.3 Å². The number of aromatic hydroxyl groups is 1. The van der Waals surface area contributed by atoms with Gasteiger partial charge < -0.3 is 9.63 Å². The highest BCUT2D eigenvalue weighted by Crippen LogP contribution is 2.34. The van der Waals surface area contributed by atoms with Gasteiger partial charge in [0.25, 0.3) is 0 Å². The Morgan fingerprint density at radius 1 is 1.38 bits per heavy atom. The predicted octanol–water partition coefficient (Wildman–Crippen LogP) is 3.36. The second-order valence-electron chi connectivity index (χ2n) is 5.43. The highest BCUT2D eigenvalue weighted by Gasteiger charge is 2.25. The average Bonchev–Trinajstić information content (AvgIpc) is 3.06. The summed E-state index contributed by atoms with van der Waals surface area (Å²) in [4.78, 5) is 11.7.